The number of methoxy groups -OCH3 is 1. The predicted molar refractivity (Wildman–Crippen MR) is 76.8 cm³/mol. The van der Waals surface area contributed by atoms with Crippen LogP contribution < -0.4 is 5.32 Å². The fourth-order valence-corrected chi connectivity index (χ4v) is 2.82. The minimum atomic E-state index is 0.696. The first-order chi connectivity index (χ1) is 9.61. The highest BCUT2D eigenvalue weighted by Gasteiger charge is 2.16. The van der Waals surface area contributed by atoms with E-state index in [2.05, 4.69) is 25.6 Å². The van der Waals surface area contributed by atoms with Gasteiger partial charge in [-0.15, -0.1) is 5.10 Å². The van der Waals surface area contributed by atoms with Crippen molar-refractivity contribution in [3.8, 4) is 0 Å². The summed E-state index contributed by atoms with van der Waals surface area (Å²) < 4.78 is 6.91. The largest absolute Gasteiger partial charge is 0.383 e. The average molecular weight is 296 g/mol. The maximum absolute atomic E-state index is 5.03. The molecule has 2 heterocycles. The second-order valence-corrected chi connectivity index (χ2v) is 5.42. The molecule has 0 saturated carbocycles. The van der Waals surface area contributed by atoms with Crippen LogP contribution in [0.2, 0.25) is 0 Å². The Morgan fingerprint density at radius 2 is 2.20 bits per heavy atom. The number of aromatic nitrogens is 5. The summed E-state index contributed by atoms with van der Waals surface area (Å²) in [6.07, 6.45) is 0. The number of ether oxygens (including phenoxy) is 1. The van der Waals surface area contributed by atoms with Gasteiger partial charge in [-0.25, -0.2) is 4.98 Å². The van der Waals surface area contributed by atoms with Gasteiger partial charge in [0.1, 0.15) is 10.9 Å². The summed E-state index contributed by atoms with van der Waals surface area (Å²) in [4.78, 5) is 4.32. The van der Waals surface area contributed by atoms with Gasteiger partial charge in [0.15, 0.2) is 0 Å². The van der Waals surface area contributed by atoms with Crippen molar-refractivity contribution in [1.82, 2.24) is 30.3 Å². The molecule has 0 bridgehead atoms. The molecule has 2 N–H and O–H groups in total. The first-order valence-electron chi connectivity index (χ1n) is 6.40. The van der Waals surface area contributed by atoms with Gasteiger partial charge in [0, 0.05) is 32.8 Å². The van der Waals surface area contributed by atoms with Crippen LogP contribution >= 0.6 is 11.8 Å². The molecule has 0 amide bonds. The number of H-pyrrole nitrogens is 1. The minimum absolute atomic E-state index is 0.696. The topological polar surface area (TPSA) is 80.6 Å². The number of aryl methyl sites for hydroxylation is 3. The summed E-state index contributed by atoms with van der Waals surface area (Å²) in [5, 5.41) is 16.6. The van der Waals surface area contributed by atoms with Crippen LogP contribution in [-0.4, -0.2) is 45.2 Å². The molecule has 0 unspecified atom stereocenters. The summed E-state index contributed by atoms with van der Waals surface area (Å²) in [7, 11) is 3.64. The Morgan fingerprint density at radius 1 is 1.40 bits per heavy atom. The summed E-state index contributed by atoms with van der Waals surface area (Å²) in [5.41, 5.74) is 2.20. The van der Waals surface area contributed by atoms with Crippen molar-refractivity contribution in [3.63, 3.8) is 0 Å². The number of nitrogens with zero attached hydrogens (tertiary/aromatic N) is 4. The highest BCUT2D eigenvalue weighted by Crippen LogP contribution is 2.29. The van der Waals surface area contributed by atoms with E-state index in [1.54, 1.807) is 7.11 Å². The van der Waals surface area contributed by atoms with Crippen LogP contribution in [0.5, 0.6) is 0 Å². The van der Waals surface area contributed by atoms with Gasteiger partial charge < -0.3 is 10.1 Å². The van der Waals surface area contributed by atoms with E-state index in [-0.39, 0.29) is 0 Å². The van der Waals surface area contributed by atoms with Crippen LogP contribution in [0.4, 0.5) is 0 Å². The lowest BCUT2D eigenvalue weighted by molar-refractivity contribution is 0.199. The smallest absolute Gasteiger partial charge is 0.214 e. The highest BCUT2D eigenvalue weighted by molar-refractivity contribution is 7.99. The van der Waals surface area contributed by atoms with Gasteiger partial charge in [0.05, 0.1) is 12.3 Å². The molecule has 2 rings (SSSR count). The number of nitrogens with one attached hydrogen (secondary N) is 2. The molecule has 8 heteroatoms. The minimum Gasteiger partial charge on any atom is -0.383 e. The van der Waals surface area contributed by atoms with Gasteiger partial charge in [0.2, 0.25) is 5.16 Å². The molecule has 0 radical (unpaired) electrons. The third-order valence-electron chi connectivity index (χ3n) is 2.84. The van der Waals surface area contributed by atoms with Crippen LogP contribution in [0.25, 0.3) is 0 Å². The molecule has 0 spiro atoms. The molecule has 0 fully saturated rings. The fourth-order valence-electron chi connectivity index (χ4n) is 1.85. The molecule has 20 heavy (non-hydrogen) atoms. The Balaban J connectivity index is 2.10. The van der Waals surface area contributed by atoms with E-state index in [4.69, 9.17) is 4.74 Å². The SMILES string of the molecule is COCCNCc1c(C)nn(C)c1Sc1n[nH]c(C)n1. The molecule has 0 aliphatic carbocycles. The lowest BCUT2D eigenvalue weighted by Crippen LogP contribution is -2.19. The molecule has 0 aromatic carbocycles. The van der Waals surface area contributed by atoms with E-state index in [9.17, 15) is 0 Å². The number of hydrogen-bond donors (Lipinski definition) is 2. The van der Waals surface area contributed by atoms with E-state index in [0.29, 0.717) is 11.8 Å². The van der Waals surface area contributed by atoms with E-state index in [1.165, 1.54) is 17.3 Å². The van der Waals surface area contributed by atoms with Gasteiger partial charge in [-0.2, -0.15) is 5.10 Å². The first-order valence-corrected chi connectivity index (χ1v) is 7.22. The Morgan fingerprint density at radius 3 is 2.85 bits per heavy atom. The Kier molecular flexibility index (Phi) is 5.16. The highest BCUT2D eigenvalue weighted by atomic mass is 32.2. The third-order valence-corrected chi connectivity index (χ3v) is 3.91. The number of aromatic amines is 1. The molecule has 0 saturated heterocycles. The van der Waals surface area contributed by atoms with Crippen molar-refractivity contribution in [3.05, 3.63) is 17.1 Å². The molecule has 2 aromatic rings. The summed E-state index contributed by atoms with van der Waals surface area (Å²) in [6, 6.07) is 0. The van der Waals surface area contributed by atoms with Crippen molar-refractivity contribution in [1.29, 1.82) is 0 Å². The van der Waals surface area contributed by atoms with Gasteiger partial charge in [-0.3, -0.25) is 9.78 Å². The van der Waals surface area contributed by atoms with Crippen molar-refractivity contribution in [2.24, 2.45) is 7.05 Å². The molecule has 7 nitrogen and oxygen atoms in total. The first kappa shape index (κ1) is 15.0. The second kappa shape index (κ2) is 6.87. The van der Waals surface area contributed by atoms with Crippen LogP contribution in [0.15, 0.2) is 10.2 Å². The van der Waals surface area contributed by atoms with Gasteiger partial charge >= 0.3 is 0 Å². The zero-order valence-corrected chi connectivity index (χ0v) is 13.0. The maximum atomic E-state index is 5.03. The monoisotopic (exact) mass is 296 g/mol. The molecular formula is C12H20N6OS. The molecule has 0 aliphatic rings. The van der Waals surface area contributed by atoms with E-state index < -0.39 is 0 Å². The van der Waals surface area contributed by atoms with Crippen molar-refractivity contribution in [2.45, 2.75) is 30.6 Å². The van der Waals surface area contributed by atoms with Crippen molar-refractivity contribution in [2.75, 3.05) is 20.3 Å². The lowest BCUT2D eigenvalue weighted by Gasteiger charge is -2.06. The van der Waals surface area contributed by atoms with E-state index in [1.807, 2.05) is 25.6 Å². The van der Waals surface area contributed by atoms with Gasteiger partial charge in [0.25, 0.3) is 0 Å². The Hall–Kier alpha value is -1.38. The number of hydrogen-bond acceptors (Lipinski definition) is 6. The van der Waals surface area contributed by atoms with Crippen molar-refractivity contribution < 1.29 is 4.74 Å². The van der Waals surface area contributed by atoms with Gasteiger partial charge in [-0.1, -0.05) is 0 Å². The molecule has 110 valence electrons. The summed E-state index contributed by atoms with van der Waals surface area (Å²) >= 11 is 1.52. The molecule has 0 aliphatic heterocycles. The normalized spacial score (nSPS) is 11.2. The molecule has 2 aromatic heterocycles. The lowest BCUT2D eigenvalue weighted by atomic mass is 10.2. The zero-order valence-electron chi connectivity index (χ0n) is 12.2. The standard InChI is InChI=1S/C12H20N6OS/c1-8-10(7-13-5-6-19-4)11(18(3)17-8)20-12-14-9(2)15-16-12/h13H,5-7H2,1-4H3,(H,14,15,16). The third kappa shape index (κ3) is 3.59. The van der Waals surface area contributed by atoms with Crippen LogP contribution in [0.3, 0.4) is 0 Å². The average Bonchev–Trinajstić information content (AvgIpc) is 2.92. The molecule has 0 atom stereocenters. The zero-order chi connectivity index (χ0) is 14.5. The van der Waals surface area contributed by atoms with Crippen LogP contribution in [0.1, 0.15) is 17.1 Å². The molecular weight excluding hydrogens is 276 g/mol. The van der Waals surface area contributed by atoms with Crippen LogP contribution in [-0.2, 0) is 18.3 Å². The van der Waals surface area contributed by atoms with E-state index in [0.717, 1.165) is 29.6 Å². The van der Waals surface area contributed by atoms with E-state index >= 15 is 0 Å². The maximum Gasteiger partial charge on any atom is 0.214 e. The fraction of sp³-hybridized carbons (Fsp3) is 0.583. The van der Waals surface area contributed by atoms with Crippen molar-refractivity contribution >= 4 is 11.8 Å². The quantitative estimate of drug-likeness (QED) is 0.743. The predicted octanol–water partition coefficient (Wildman–Crippen LogP) is 1.04. The summed E-state index contributed by atoms with van der Waals surface area (Å²) in [5.74, 6) is 0.811. The van der Waals surface area contributed by atoms with Gasteiger partial charge in [-0.05, 0) is 25.6 Å². The van der Waals surface area contributed by atoms with Crippen LogP contribution in [0, 0.1) is 13.8 Å². The summed E-state index contributed by atoms with van der Waals surface area (Å²) in [6.45, 7) is 6.17. The Bertz CT molecular complexity index is 564. The number of rotatable bonds is 7. The second-order valence-electron chi connectivity index (χ2n) is 4.47. The Labute approximate surface area is 122 Å².